The summed E-state index contributed by atoms with van der Waals surface area (Å²) >= 11 is 1.84. The lowest BCUT2D eigenvalue weighted by Gasteiger charge is -2.10. The minimum atomic E-state index is 0.633. The molecule has 2 rings (SSSR count). The summed E-state index contributed by atoms with van der Waals surface area (Å²) in [4.78, 5) is 4.50. The van der Waals surface area contributed by atoms with Gasteiger partial charge in [0, 0.05) is 11.3 Å². The van der Waals surface area contributed by atoms with Gasteiger partial charge in [0.2, 0.25) is 0 Å². The summed E-state index contributed by atoms with van der Waals surface area (Å²) in [5, 5.41) is 8.81. The van der Waals surface area contributed by atoms with Gasteiger partial charge in [0.25, 0.3) is 0 Å². The van der Waals surface area contributed by atoms with Crippen molar-refractivity contribution in [1.82, 2.24) is 10.5 Å². The molecule has 17 heavy (non-hydrogen) atoms. The summed E-state index contributed by atoms with van der Waals surface area (Å²) in [5.41, 5.74) is 0.917. The summed E-state index contributed by atoms with van der Waals surface area (Å²) < 4.78 is 5.14. The molecule has 0 aliphatic carbocycles. The zero-order valence-corrected chi connectivity index (χ0v) is 11.4. The molecule has 1 aliphatic rings. The molecular formula is C12H19N3OS. The maximum absolute atomic E-state index is 5.14. The van der Waals surface area contributed by atoms with Crippen molar-refractivity contribution >= 4 is 16.9 Å². The third kappa shape index (κ3) is 3.77. The first-order chi connectivity index (χ1) is 8.13. The number of aryl methyl sites for hydroxylation is 1. The second-order valence-corrected chi connectivity index (χ2v) is 6.09. The second kappa shape index (κ2) is 5.58. The van der Waals surface area contributed by atoms with Gasteiger partial charge >= 0.3 is 0 Å². The standard InChI is InChI=1S/C12H19N3OS/c1-8(2)4-11-7-14-12(17-11)13-6-10-5-9(3)15-16-10/h5,8,11H,4,6-7H2,1-3H3,(H,13,14). The Morgan fingerprint density at radius 1 is 1.59 bits per heavy atom. The molecule has 0 fully saturated rings. The van der Waals surface area contributed by atoms with Gasteiger partial charge in [-0.1, -0.05) is 30.8 Å². The van der Waals surface area contributed by atoms with E-state index >= 15 is 0 Å². The zero-order valence-electron chi connectivity index (χ0n) is 10.6. The highest BCUT2D eigenvalue weighted by atomic mass is 32.2. The number of hydrogen-bond donors (Lipinski definition) is 1. The summed E-state index contributed by atoms with van der Waals surface area (Å²) in [6.07, 6.45) is 1.22. The summed E-state index contributed by atoms with van der Waals surface area (Å²) in [5.74, 6) is 1.59. The van der Waals surface area contributed by atoms with Crippen molar-refractivity contribution in [3.63, 3.8) is 0 Å². The molecule has 0 bridgehead atoms. The molecule has 1 N–H and O–H groups in total. The van der Waals surface area contributed by atoms with Crippen molar-refractivity contribution in [2.45, 2.75) is 39.0 Å². The molecule has 94 valence electrons. The van der Waals surface area contributed by atoms with Gasteiger partial charge in [-0.2, -0.15) is 0 Å². The van der Waals surface area contributed by atoms with Gasteiger partial charge in [0.05, 0.1) is 18.8 Å². The third-order valence-electron chi connectivity index (χ3n) is 2.54. The lowest BCUT2D eigenvalue weighted by atomic mass is 10.1. The van der Waals surface area contributed by atoms with Gasteiger partial charge in [-0.3, -0.25) is 4.99 Å². The first-order valence-corrected chi connectivity index (χ1v) is 6.88. The monoisotopic (exact) mass is 253 g/mol. The van der Waals surface area contributed by atoms with E-state index in [1.165, 1.54) is 6.42 Å². The molecule has 0 aromatic carbocycles. The topological polar surface area (TPSA) is 50.4 Å². The van der Waals surface area contributed by atoms with E-state index in [-0.39, 0.29) is 0 Å². The van der Waals surface area contributed by atoms with Crippen molar-refractivity contribution in [3.8, 4) is 0 Å². The van der Waals surface area contributed by atoms with Gasteiger partial charge in [-0.25, -0.2) is 0 Å². The van der Waals surface area contributed by atoms with E-state index in [0.717, 1.165) is 29.1 Å². The molecule has 0 radical (unpaired) electrons. The van der Waals surface area contributed by atoms with Crippen LogP contribution in [0.1, 0.15) is 31.7 Å². The lowest BCUT2D eigenvalue weighted by Crippen LogP contribution is -2.18. The van der Waals surface area contributed by atoms with Crippen LogP contribution in [-0.2, 0) is 6.54 Å². The molecule has 1 aromatic rings. The van der Waals surface area contributed by atoms with E-state index in [4.69, 9.17) is 4.52 Å². The highest BCUT2D eigenvalue weighted by molar-refractivity contribution is 8.14. The van der Waals surface area contributed by atoms with E-state index < -0.39 is 0 Å². The zero-order chi connectivity index (χ0) is 12.3. The second-order valence-electron chi connectivity index (χ2n) is 4.80. The predicted octanol–water partition coefficient (Wildman–Crippen LogP) is 2.59. The Hall–Kier alpha value is -0.970. The predicted molar refractivity (Wildman–Crippen MR) is 71.2 cm³/mol. The number of aromatic nitrogens is 1. The fraction of sp³-hybridized carbons (Fsp3) is 0.667. The summed E-state index contributed by atoms with van der Waals surface area (Å²) in [6.45, 7) is 8.03. The first kappa shape index (κ1) is 12.5. The number of nitrogens with zero attached hydrogens (tertiary/aromatic N) is 2. The fourth-order valence-electron chi connectivity index (χ4n) is 1.83. The van der Waals surface area contributed by atoms with Crippen LogP contribution >= 0.6 is 11.8 Å². The molecule has 1 atom stereocenters. The van der Waals surface area contributed by atoms with Crippen molar-refractivity contribution < 1.29 is 4.52 Å². The van der Waals surface area contributed by atoms with Crippen LogP contribution in [0.3, 0.4) is 0 Å². The largest absolute Gasteiger partial charge is 0.359 e. The van der Waals surface area contributed by atoms with Crippen LogP contribution in [-0.4, -0.2) is 22.1 Å². The van der Waals surface area contributed by atoms with Crippen LogP contribution < -0.4 is 5.32 Å². The fourth-order valence-corrected chi connectivity index (χ4v) is 3.08. The SMILES string of the molecule is Cc1cc(CNC2=NCC(CC(C)C)S2)on1. The Labute approximate surface area is 106 Å². The first-order valence-electron chi connectivity index (χ1n) is 6.00. The minimum absolute atomic E-state index is 0.633. The van der Waals surface area contributed by atoms with Gasteiger partial charge in [-0.05, 0) is 19.3 Å². The molecule has 4 nitrogen and oxygen atoms in total. The minimum Gasteiger partial charge on any atom is -0.359 e. The highest BCUT2D eigenvalue weighted by Crippen LogP contribution is 2.25. The normalized spacial score (nSPS) is 19.8. The summed E-state index contributed by atoms with van der Waals surface area (Å²) in [6, 6.07) is 1.94. The Bertz CT molecular complexity index is 400. The number of nitrogens with one attached hydrogen (secondary N) is 1. The Balaban J connectivity index is 1.74. The Morgan fingerprint density at radius 2 is 2.41 bits per heavy atom. The molecular weight excluding hydrogens is 234 g/mol. The van der Waals surface area contributed by atoms with E-state index in [9.17, 15) is 0 Å². The smallest absolute Gasteiger partial charge is 0.157 e. The van der Waals surface area contributed by atoms with Crippen molar-refractivity contribution in [3.05, 3.63) is 17.5 Å². The van der Waals surface area contributed by atoms with Gasteiger partial charge in [0.1, 0.15) is 0 Å². The van der Waals surface area contributed by atoms with Crippen molar-refractivity contribution in [2.24, 2.45) is 10.9 Å². The van der Waals surface area contributed by atoms with Crippen LogP contribution in [0.25, 0.3) is 0 Å². The molecule has 0 amide bonds. The molecule has 5 heteroatoms. The molecule has 1 unspecified atom stereocenters. The van der Waals surface area contributed by atoms with Crippen LogP contribution in [0.4, 0.5) is 0 Å². The molecule has 0 spiro atoms. The quantitative estimate of drug-likeness (QED) is 0.896. The molecule has 1 aromatic heterocycles. The van der Waals surface area contributed by atoms with E-state index in [1.807, 2.05) is 24.8 Å². The van der Waals surface area contributed by atoms with Gasteiger partial charge in [0.15, 0.2) is 10.9 Å². The number of amidine groups is 1. The van der Waals surface area contributed by atoms with Gasteiger partial charge < -0.3 is 9.84 Å². The lowest BCUT2D eigenvalue weighted by molar-refractivity contribution is 0.377. The van der Waals surface area contributed by atoms with Crippen molar-refractivity contribution in [1.29, 1.82) is 0 Å². The molecule has 0 saturated heterocycles. The molecule has 2 heterocycles. The Kier molecular flexibility index (Phi) is 4.10. The number of rotatable bonds is 4. The number of thioether (sulfide) groups is 1. The third-order valence-corrected chi connectivity index (χ3v) is 3.71. The van der Waals surface area contributed by atoms with E-state index in [1.54, 1.807) is 0 Å². The maximum Gasteiger partial charge on any atom is 0.157 e. The van der Waals surface area contributed by atoms with Crippen LogP contribution in [0.2, 0.25) is 0 Å². The Morgan fingerprint density at radius 3 is 3.06 bits per heavy atom. The number of aliphatic imine (C=N–C) groups is 1. The van der Waals surface area contributed by atoms with E-state index in [0.29, 0.717) is 11.8 Å². The summed E-state index contributed by atoms with van der Waals surface area (Å²) in [7, 11) is 0. The highest BCUT2D eigenvalue weighted by Gasteiger charge is 2.20. The maximum atomic E-state index is 5.14. The van der Waals surface area contributed by atoms with Crippen LogP contribution in [0.15, 0.2) is 15.6 Å². The number of hydrogen-bond acceptors (Lipinski definition) is 5. The average Bonchev–Trinajstić information content (AvgIpc) is 2.84. The van der Waals surface area contributed by atoms with Crippen molar-refractivity contribution in [2.75, 3.05) is 6.54 Å². The van der Waals surface area contributed by atoms with E-state index in [2.05, 4.69) is 29.3 Å². The average molecular weight is 253 g/mol. The molecule has 1 aliphatic heterocycles. The van der Waals surface area contributed by atoms with Gasteiger partial charge in [-0.15, -0.1) is 0 Å². The molecule has 0 saturated carbocycles. The van der Waals surface area contributed by atoms with Crippen LogP contribution in [0.5, 0.6) is 0 Å². The van der Waals surface area contributed by atoms with Crippen LogP contribution in [0, 0.1) is 12.8 Å².